The van der Waals surface area contributed by atoms with Crippen molar-refractivity contribution in [2.45, 2.75) is 0 Å². The van der Waals surface area contributed by atoms with E-state index in [9.17, 15) is 4.79 Å². The van der Waals surface area contributed by atoms with Crippen LogP contribution in [0.2, 0.25) is 0 Å². The molecule has 1 aromatic rings. The maximum absolute atomic E-state index is 11.1. The average molecular weight is 256 g/mol. The van der Waals surface area contributed by atoms with E-state index in [4.69, 9.17) is 19.3 Å². The van der Waals surface area contributed by atoms with Gasteiger partial charge in [0.1, 0.15) is 11.3 Å². The number of rotatable bonds is 5. The molecule has 0 bridgehead atoms. The maximum Gasteiger partial charge on any atom is 0.339 e. The Kier molecular flexibility index (Phi) is 3.63. The van der Waals surface area contributed by atoms with Gasteiger partial charge < -0.3 is 19.3 Å². The molecule has 1 aromatic carbocycles. The number of hydrogen-bond donors (Lipinski definition) is 1. The lowest BCUT2D eigenvalue weighted by Crippen LogP contribution is -2.05. The lowest BCUT2D eigenvalue weighted by atomic mass is 10.2. The van der Waals surface area contributed by atoms with E-state index in [-0.39, 0.29) is 12.4 Å². The van der Waals surface area contributed by atoms with Crippen molar-refractivity contribution in [2.75, 3.05) is 25.4 Å². The molecule has 0 radical (unpaired) electrons. The van der Waals surface area contributed by atoms with Crippen molar-refractivity contribution in [3.05, 3.63) is 17.7 Å². The standard InChI is InChI=1S/C11H12O5S/c1-17-3-2-14-8-5-10-9(15-6-16-10)4-7(8)11(12)13/h4-5H,2-3,6H2,1H3,(H,12,13). The minimum Gasteiger partial charge on any atom is -0.492 e. The normalized spacial score (nSPS) is 12.5. The topological polar surface area (TPSA) is 65.0 Å². The van der Waals surface area contributed by atoms with Crippen LogP contribution in [-0.2, 0) is 0 Å². The van der Waals surface area contributed by atoms with Gasteiger partial charge in [-0.1, -0.05) is 0 Å². The summed E-state index contributed by atoms with van der Waals surface area (Å²) in [5.41, 5.74) is 0.0929. The van der Waals surface area contributed by atoms with Crippen LogP contribution >= 0.6 is 11.8 Å². The highest BCUT2D eigenvalue weighted by Crippen LogP contribution is 2.38. The van der Waals surface area contributed by atoms with Gasteiger partial charge in [-0.3, -0.25) is 0 Å². The van der Waals surface area contributed by atoms with Crippen LogP contribution in [0, 0.1) is 0 Å². The molecule has 0 unspecified atom stereocenters. The second-order valence-electron chi connectivity index (χ2n) is 3.35. The van der Waals surface area contributed by atoms with Crippen molar-refractivity contribution >= 4 is 17.7 Å². The predicted molar refractivity (Wildman–Crippen MR) is 63.4 cm³/mol. The summed E-state index contributed by atoms with van der Waals surface area (Å²) >= 11 is 1.63. The Hall–Kier alpha value is -1.56. The molecular weight excluding hydrogens is 244 g/mol. The molecular formula is C11H12O5S. The molecule has 0 saturated heterocycles. The molecule has 5 nitrogen and oxygen atoms in total. The van der Waals surface area contributed by atoms with Gasteiger partial charge in [-0.25, -0.2) is 4.79 Å². The Morgan fingerprint density at radius 3 is 2.82 bits per heavy atom. The van der Waals surface area contributed by atoms with E-state index in [0.29, 0.717) is 23.9 Å². The van der Waals surface area contributed by atoms with Gasteiger partial charge in [0.05, 0.1) is 6.61 Å². The fourth-order valence-electron chi connectivity index (χ4n) is 1.44. The van der Waals surface area contributed by atoms with E-state index < -0.39 is 5.97 Å². The molecule has 1 heterocycles. The van der Waals surface area contributed by atoms with Crippen LogP contribution in [-0.4, -0.2) is 36.5 Å². The number of carboxylic acids is 1. The zero-order valence-electron chi connectivity index (χ0n) is 9.26. The number of aromatic carboxylic acids is 1. The van der Waals surface area contributed by atoms with Gasteiger partial charge in [0.25, 0.3) is 0 Å². The van der Waals surface area contributed by atoms with Crippen LogP contribution < -0.4 is 14.2 Å². The Labute approximate surface area is 103 Å². The average Bonchev–Trinajstić information content (AvgIpc) is 2.75. The van der Waals surface area contributed by atoms with Gasteiger partial charge in [0.15, 0.2) is 11.5 Å². The van der Waals surface area contributed by atoms with Gasteiger partial charge in [-0.15, -0.1) is 0 Å². The fraction of sp³-hybridized carbons (Fsp3) is 0.364. The van der Waals surface area contributed by atoms with Crippen LogP contribution in [0.4, 0.5) is 0 Å². The molecule has 2 rings (SSSR count). The monoisotopic (exact) mass is 256 g/mol. The molecule has 0 saturated carbocycles. The molecule has 0 spiro atoms. The summed E-state index contributed by atoms with van der Waals surface area (Å²) in [5, 5.41) is 9.07. The van der Waals surface area contributed by atoms with Gasteiger partial charge >= 0.3 is 5.97 Å². The number of fused-ring (bicyclic) bond motifs is 1. The van der Waals surface area contributed by atoms with Crippen molar-refractivity contribution in [1.82, 2.24) is 0 Å². The molecule has 17 heavy (non-hydrogen) atoms. The molecule has 0 aromatic heterocycles. The summed E-state index contributed by atoms with van der Waals surface area (Å²) in [6, 6.07) is 2.99. The van der Waals surface area contributed by atoms with Crippen molar-refractivity contribution in [3.63, 3.8) is 0 Å². The quantitative estimate of drug-likeness (QED) is 0.811. The molecule has 6 heteroatoms. The minimum atomic E-state index is -1.04. The predicted octanol–water partition coefficient (Wildman–Crippen LogP) is 1.86. The highest BCUT2D eigenvalue weighted by Gasteiger charge is 2.21. The summed E-state index contributed by atoms with van der Waals surface area (Å²) in [4.78, 5) is 11.1. The highest BCUT2D eigenvalue weighted by molar-refractivity contribution is 7.98. The molecule has 1 aliphatic rings. The smallest absolute Gasteiger partial charge is 0.339 e. The first kappa shape index (κ1) is 11.9. The largest absolute Gasteiger partial charge is 0.492 e. The van der Waals surface area contributed by atoms with E-state index in [1.165, 1.54) is 6.07 Å². The molecule has 0 atom stereocenters. The molecule has 92 valence electrons. The summed E-state index contributed by atoms with van der Waals surface area (Å²) in [6.45, 7) is 0.573. The first-order valence-electron chi connectivity index (χ1n) is 5.01. The van der Waals surface area contributed by atoms with Crippen molar-refractivity contribution < 1.29 is 24.1 Å². The number of benzene rings is 1. The first-order chi connectivity index (χ1) is 8.22. The van der Waals surface area contributed by atoms with E-state index in [2.05, 4.69) is 0 Å². The Morgan fingerprint density at radius 2 is 2.18 bits per heavy atom. The third-order valence-corrected chi connectivity index (χ3v) is 2.83. The van der Waals surface area contributed by atoms with Gasteiger partial charge in [-0.2, -0.15) is 11.8 Å². The van der Waals surface area contributed by atoms with E-state index >= 15 is 0 Å². The minimum absolute atomic E-state index is 0.0929. The lowest BCUT2D eigenvalue weighted by molar-refractivity contribution is 0.0692. The number of thioether (sulfide) groups is 1. The van der Waals surface area contributed by atoms with Crippen LogP contribution in [0.15, 0.2) is 12.1 Å². The molecule has 1 N–H and O–H groups in total. The Bertz CT molecular complexity index is 432. The van der Waals surface area contributed by atoms with Crippen LogP contribution in [0.5, 0.6) is 17.2 Å². The molecule has 0 amide bonds. The molecule has 0 aliphatic carbocycles. The second-order valence-corrected chi connectivity index (χ2v) is 4.33. The van der Waals surface area contributed by atoms with Crippen molar-refractivity contribution in [1.29, 1.82) is 0 Å². The summed E-state index contributed by atoms with van der Waals surface area (Å²) in [5.74, 6) is 1.04. The fourth-order valence-corrected chi connectivity index (χ4v) is 1.69. The highest BCUT2D eigenvalue weighted by atomic mass is 32.2. The van der Waals surface area contributed by atoms with Gasteiger partial charge in [-0.05, 0) is 6.26 Å². The van der Waals surface area contributed by atoms with Crippen molar-refractivity contribution in [3.8, 4) is 17.2 Å². The van der Waals surface area contributed by atoms with Gasteiger partial charge in [0, 0.05) is 17.9 Å². The van der Waals surface area contributed by atoms with Crippen LogP contribution in [0.3, 0.4) is 0 Å². The first-order valence-corrected chi connectivity index (χ1v) is 6.40. The van der Waals surface area contributed by atoms with Crippen LogP contribution in [0.1, 0.15) is 10.4 Å². The lowest BCUT2D eigenvalue weighted by Gasteiger charge is -2.09. The maximum atomic E-state index is 11.1. The number of carbonyl (C=O) groups is 1. The van der Waals surface area contributed by atoms with E-state index in [1.807, 2.05) is 6.26 Å². The molecule has 0 fully saturated rings. The Morgan fingerprint density at radius 1 is 1.47 bits per heavy atom. The summed E-state index contributed by atoms with van der Waals surface area (Å²) < 4.78 is 15.7. The number of ether oxygens (including phenoxy) is 3. The number of hydrogen-bond acceptors (Lipinski definition) is 5. The zero-order valence-corrected chi connectivity index (χ0v) is 10.1. The SMILES string of the molecule is CSCCOc1cc2c(cc1C(=O)O)OCO2. The molecule has 1 aliphatic heterocycles. The summed E-state index contributed by atoms with van der Waals surface area (Å²) in [6.07, 6.45) is 1.96. The van der Waals surface area contributed by atoms with E-state index in [1.54, 1.807) is 17.8 Å². The third-order valence-electron chi connectivity index (χ3n) is 2.25. The second kappa shape index (κ2) is 5.18. The van der Waals surface area contributed by atoms with Crippen LogP contribution in [0.25, 0.3) is 0 Å². The number of carboxylic acid groups (broad SMARTS) is 1. The third kappa shape index (κ3) is 2.58. The Balaban J connectivity index is 2.25. The van der Waals surface area contributed by atoms with Crippen molar-refractivity contribution in [2.24, 2.45) is 0 Å². The summed E-state index contributed by atoms with van der Waals surface area (Å²) in [7, 11) is 0. The van der Waals surface area contributed by atoms with Gasteiger partial charge in [0.2, 0.25) is 6.79 Å². The van der Waals surface area contributed by atoms with E-state index in [0.717, 1.165) is 5.75 Å². The zero-order chi connectivity index (χ0) is 12.3.